The lowest BCUT2D eigenvalue weighted by Gasteiger charge is -2.41. The fourth-order valence-electron chi connectivity index (χ4n) is 2.19. The zero-order valence-electron chi connectivity index (χ0n) is 13.1. The predicted octanol–water partition coefficient (Wildman–Crippen LogP) is 3.83. The fraction of sp³-hybridized carbons (Fsp3) is 0.412. The SMILES string of the molecule is CCC(C)(C)C(O)(COc1ccc(Cl)cc1)c1cncnc1. The van der Waals surface area contributed by atoms with Crippen LogP contribution in [0.2, 0.25) is 5.02 Å². The van der Waals surface area contributed by atoms with Crippen molar-refractivity contribution in [2.24, 2.45) is 5.41 Å². The number of hydrogen-bond acceptors (Lipinski definition) is 4. The highest BCUT2D eigenvalue weighted by Crippen LogP contribution is 2.42. The van der Waals surface area contributed by atoms with E-state index in [0.29, 0.717) is 16.3 Å². The summed E-state index contributed by atoms with van der Waals surface area (Å²) in [5.41, 5.74) is -0.942. The van der Waals surface area contributed by atoms with E-state index in [9.17, 15) is 5.11 Å². The number of hydrogen-bond donors (Lipinski definition) is 1. The van der Waals surface area contributed by atoms with Gasteiger partial charge in [0.1, 0.15) is 24.3 Å². The van der Waals surface area contributed by atoms with Crippen molar-refractivity contribution >= 4 is 11.6 Å². The molecule has 0 spiro atoms. The first-order valence-corrected chi connectivity index (χ1v) is 7.63. The van der Waals surface area contributed by atoms with Gasteiger partial charge < -0.3 is 9.84 Å². The van der Waals surface area contributed by atoms with Crippen molar-refractivity contribution in [2.75, 3.05) is 6.61 Å². The molecule has 0 saturated heterocycles. The Hall–Kier alpha value is -1.65. The topological polar surface area (TPSA) is 55.2 Å². The molecule has 1 unspecified atom stereocenters. The van der Waals surface area contributed by atoms with Gasteiger partial charge in [0.2, 0.25) is 0 Å². The Morgan fingerprint density at radius 1 is 1.14 bits per heavy atom. The summed E-state index contributed by atoms with van der Waals surface area (Å²) in [5, 5.41) is 11.9. The molecule has 0 amide bonds. The monoisotopic (exact) mass is 320 g/mol. The minimum atomic E-state index is -1.19. The zero-order valence-corrected chi connectivity index (χ0v) is 13.8. The molecule has 1 heterocycles. The standard InChI is InChI=1S/C17H21ClN2O2/c1-4-16(2,3)17(21,13-9-19-12-20-10-13)11-22-15-7-5-14(18)6-8-15/h5-10,12,21H,4,11H2,1-3H3. The highest BCUT2D eigenvalue weighted by Gasteiger charge is 2.45. The van der Waals surface area contributed by atoms with Crippen molar-refractivity contribution in [2.45, 2.75) is 32.8 Å². The molecule has 22 heavy (non-hydrogen) atoms. The van der Waals surface area contributed by atoms with Gasteiger partial charge in [-0.1, -0.05) is 32.4 Å². The van der Waals surface area contributed by atoms with Crippen molar-refractivity contribution in [1.29, 1.82) is 0 Å². The van der Waals surface area contributed by atoms with Crippen LogP contribution in [0, 0.1) is 5.41 Å². The number of benzene rings is 1. The summed E-state index contributed by atoms with van der Waals surface area (Å²) in [5.74, 6) is 0.659. The van der Waals surface area contributed by atoms with Gasteiger partial charge in [-0.2, -0.15) is 0 Å². The summed E-state index contributed by atoms with van der Waals surface area (Å²) >= 11 is 5.87. The molecule has 4 nitrogen and oxygen atoms in total. The Balaban J connectivity index is 2.28. The van der Waals surface area contributed by atoms with Crippen LogP contribution >= 0.6 is 11.6 Å². The van der Waals surface area contributed by atoms with Crippen molar-refractivity contribution in [3.8, 4) is 5.75 Å². The Morgan fingerprint density at radius 3 is 2.27 bits per heavy atom. The van der Waals surface area contributed by atoms with Crippen LogP contribution in [-0.2, 0) is 5.60 Å². The molecule has 118 valence electrons. The third kappa shape index (κ3) is 3.39. The summed E-state index contributed by atoms with van der Waals surface area (Å²) in [6, 6.07) is 7.07. The fourth-order valence-corrected chi connectivity index (χ4v) is 2.32. The van der Waals surface area contributed by atoms with Crippen LogP contribution in [-0.4, -0.2) is 21.7 Å². The quantitative estimate of drug-likeness (QED) is 0.878. The van der Waals surface area contributed by atoms with Gasteiger partial charge in [0.05, 0.1) is 0 Å². The molecule has 1 N–H and O–H groups in total. The van der Waals surface area contributed by atoms with E-state index in [1.165, 1.54) is 6.33 Å². The molecule has 0 aliphatic heterocycles. The van der Waals surface area contributed by atoms with E-state index < -0.39 is 11.0 Å². The lowest BCUT2D eigenvalue weighted by atomic mass is 9.70. The van der Waals surface area contributed by atoms with Crippen molar-refractivity contribution in [3.05, 3.63) is 53.6 Å². The summed E-state index contributed by atoms with van der Waals surface area (Å²) in [7, 11) is 0. The number of aromatic nitrogens is 2. The van der Waals surface area contributed by atoms with E-state index in [1.807, 2.05) is 20.8 Å². The van der Waals surface area contributed by atoms with Crippen LogP contribution < -0.4 is 4.74 Å². The minimum Gasteiger partial charge on any atom is -0.490 e. The van der Waals surface area contributed by atoms with Crippen LogP contribution in [0.3, 0.4) is 0 Å². The first-order chi connectivity index (χ1) is 10.4. The molecule has 0 saturated carbocycles. The molecule has 5 heteroatoms. The van der Waals surface area contributed by atoms with Crippen LogP contribution in [0.4, 0.5) is 0 Å². The number of ether oxygens (including phenoxy) is 1. The van der Waals surface area contributed by atoms with E-state index in [1.54, 1.807) is 36.7 Å². The first kappa shape index (κ1) is 16.7. The largest absolute Gasteiger partial charge is 0.490 e. The number of rotatable bonds is 6. The van der Waals surface area contributed by atoms with Crippen molar-refractivity contribution in [1.82, 2.24) is 9.97 Å². The maximum atomic E-state index is 11.3. The second kappa shape index (κ2) is 6.63. The molecule has 2 rings (SSSR count). The lowest BCUT2D eigenvalue weighted by molar-refractivity contribution is -0.105. The van der Waals surface area contributed by atoms with Crippen LogP contribution in [0.1, 0.15) is 32.8 Å². The molecule has 2 aromatic rings. The average Bonchev–Trinajstić information content (AvgIpc) is 2.54. The van der Waals surface area contributed by atoms with E-state index in [4.69, 9.17) is 16.3 Å². The maximum absolute atomic E-state index is 11.3. The van der Waals surface area contributed by atoms with Crippen LogP contribution in [0.5, 0.6) is 5.75 Å². The Bertz CT molecular complexity index is 602. The molecule has 0 bridgehead atoms. The van der Waals surface area contributed by atoms with E-state index in [0.717, 1.165) is 6.42 Å². The van der Waals surface area contributed by atoms with E-state index in [-0.39, 0.29) is 6.61 Å². The summed E-state index contributed by atoms with van der Waals surface area (Å²) in [6.07, 6.45) is 5.50. The molecule has 1 aromatic carbocycles. The van der Waals surface area contributed by atoms with Gasteiger partial charge in [-0.25, -0.2) is 9.97 Å². The zero-order chi connectivity index (χ0) is 16.2. The van der Waals surface area contributed by atoms with Gasteiger partial charge in [0, 0.05) is 28.4 Å². The molecule has 1 atom stereocenters. The molecule has 0 aliphatic rings. The van der Waals surface area contributed by atoms with Gasteiger partial charge in [-0.3, -0.25) is 0 Å². The van der Waals surface area contributed by atoms with Gasteiger partial charge in [0.25, 0.3) is 0 Å². The van der Waals surface area contributed by atoms with Crippen LogP contribution in [0.25, 0.3) is 0 Å². The van der Waals surface area contributed by atoms with E-state index >= 15 is 0 Å². The summed E-state index contributed by atoms with van der Waals surface area (Å²) in [6.45, 7) is 6.16. The molecule has 1 aromatic heterocycles. The Kier molecular flexibility index (Phi) is 5.04. The first-order valence-electron chi connectivity index (χ1n) is 7.25. The Morgan fingerprint density at radius 2 is 1.73 bits per heavy atom. The second-order valence-corrected chi connectivity index (χ2v) is 6.40. The number of halogens is 1. The Labute approximate surface area is 136 Å². The van der Waals surface area contributed by atoms with Gasteiger partial charge >= 0.3 is 0 Å². The molecular weight excluding hydrogens is 300 g/mol. The highest BCUT2D eigenvalue weighted by atomic mass is 35.5. The van der Waals surface area contributed by atoms with Gasteiger partial charge in [-0.05, 0) is 30.7 Å². The third-order valence-corrected chi connectivity index (χ3v) is 4.55. The van der Waals surface area contributed by atoms with E-state index in [2.05, 4.69) is 9.97 Å². The summed E-state index contributed by atoms with van der Waals surface area (Å²) in [4.78, 5) is 8.04. The van der Waals surface area contributed by atoms with Crippen molar-refractivity contribution < 1.29 is 9.84 Å². The van der Waals surface area contributed by atoms with Crippen LogP contribution in [0.15, 0.2) is 43.0 Å². The molecule has 0 fully saturated rings. The van der Waals surface area contributed by atoms with Crippen molar-refractivity contribution in [3.63, 3.8) is 0 Å². The number of aliphatic hydroxyl groups is 1. The minimum absolute atomic E-state index is 0.114. The average molecular weight is 321 g/mol. The second-order valence-electron chi connectivity index (χ2n) is 5.97. The highest BCUT2D eigenvalue weighted by molar-refractivity contribution is 6.30. The smallest absolute Gasteiger partial charge is 0.131 e. The maximum Gasteiger partial charge on any atom is 0.131 e. The van der Waals surface area contributed by atoms with Gasteiger partial charge in [-0.15, -0.1) is 0 Å². The predicted molar refractivity (Wildman–Crippen MR) is 86.9 cm³/mol. The third-order valence-electron chi connectivity index (χ3n) is 4.30. The number of nitrogens with zero attached hydrogens (tertiary/aromatic N) is 2. The summed E-state index contributed by atoms with van der Waals surface area (Å²) < 4.78 is 5.80. The molecular formula is C17H21ClN2O2. The lowest BCUT2D eigenvalue weighted by Crippen LogP contribution is -2.46. The normalized spacial score (nSPS) is 14.4. The van der Waals surface area contributed by atoms with Gasteiger partial charge in [0.15, 0.2) is 0 Å². The molecule has 0 radical (unpaired) electrons. The molecule has 0 aliphatic carbocycles.